The Morgan fingerprint density at radius 2 is 2.04 bits per heavy atom. The molecule has 0 saturated carbocycles. The number of Topliss-reactive ketones (excluding diaryl/α,β-unsaturated/α-hetero) is 1. The van der Waals surface area contributed by atoms with Crippen molar-refractivity contribution < 1.29 is 9.90 Å². The number of hydrogen-bond acceptors (Lipinski definition) is 4. The minimum absolute atomic E-state index is 0.0279. The van der Waals surface area contributed by atoms with E-state index in [0.29, 0.717) is 17.7 Å². The minimum Gasteiger partial charge on any atom is -0.506 e. The smallest absolute Gasteiger partial charge is 0.200 e. The lowest BCUT2D eigenvalue weighted by Gasteiger charge is -2.11. The number of aliphatic imine (C=N–C) groups is 1. The molecule has 0 fully saturated rings. The van der Waals surface area contributed by atoms with Crippen molar-refractivity contribution in [3.63, 3.8) is 0 Å². The predicted octanol–water partition coefficient (Wildman–Crippen LogP) is 4.01. The van der Waals surface area contributed by atoms with Crippen LogP contribution >= 0.6 is 0 Å². The molecule has 23 heavy (non-hydrogen) atoms. The van der Waals surface area contributed by atoms with E-state index in [1.807, 2.05) is 6.07 Å². The van der Waals surface area contributed by atoms with E-state index in [9.17, 15) is 15.2 Å². The molecule has 4 nitrogen and oxygen atoms in total. The van der Waals surface area contributed by atoms with E-state index in [4.69, 9.17) is 0 Å². The van der Waals surface area contributed by atoms with Crippen molar-refractivity contribution in [3.8, 4) is 6.07 Å². The number of aliphatic hydroxyl groups is 1. The number of hydrogen-bond donors (Lipinski definition) is 1. The van der Waals surface area contributed by atoms with Gasteiger partial charge in [-0.2, -0.15) is 5.26 Å². The van der Waals surface area contributed by atoms with E-state index in [1.54, 1.807) is 24.3 Å². The van der Waals surface area contributed by atoms with E-state index in [1.165, 1.54) is 18.4 Å². The van der Waals surface area contributed by atoms with Crippen LogP contribution in [0.2, 0.25) is 0 Å². The van der Waals surface area contributed by atoms with Gasteiger partial charge in [-0.1, -0.05) is 35.9 Å². The lowest BCUT2D eigenvalue weighted by Crippen LogP contribution is -2.10. The number of rotatable bonds is 4. The van der Waals surface area contributed by atoms with Crippen molar-refractivity contribution >= 4 is 17.3 Å². The molecule has 4 heteroatoms. The van der Waals surface area contributed by atoms with Gasteiger partial charge in [0.15, 0.2) is 5.78 Å². The average molecular weight is 306 g/mol. The van der Waals surface area contributed by atoms with Crippen molar-refractivity contribution in [2.45, 2.75) is 32.1 Å². The quantitative estimate of drug-likeness (QED) is 0.674. The summed E-state index contributed by atoms with van der Waals surface area (Å²) in [6, 6.07) is 8.80. The van der Waals surface area contributed by atoms with E-state index >= 15 is 0 Å². The Hall–Kier alpha value is -2.67. The number of carbonyl (C=O) groups excluding carboxylic acids is 1. The Kier molecular flexibility index (Phi) is 4.38. The highest BCUT2D eigenvalue weighted by Gasteiger charge is 2.32. The first kappa shape index (κ1) is 15.2. The molecule has 0 radical (unpaired) electrons. The Bertz CT molecular complexity index is 779. The van der Waals surface area contributed by atoms with Crippen molar-refractivity contribution in [1.82, 2.24) is 0 Å². The molecular formula is C19H18N2O2. The maximum atomic E-state index is 12.4. The summed E-state index contributed by atoms with van der Waals surface area (Å²) in [6.07, 6.45) is 7.71. The summed E-state index contributed by atoms with van der Waals surface area (Å²) in [6.45, 7) is 0.467. The standard InChI is InChI=1S/C19H18N2O2/c20-12-16(21-11-10-13-6-2-1-3-7-13)17-18(22)14-8-4-5-9-15(14)19(17)23/h4-6,8-9,22H,1-3,7,10-11H2. The van der Waals surface area contributed by atoms with E-state index in [2.05, 4.69) is 11.1 Å². The van der Waals surface area contributed by atoms with Gasteiger partial charge in [-0.05, 0) is 32.1 Å². The van der Waals surface area contributed by atoms with Crippen LogP contribution in [0.15, 0.2) is 46.5 Å². The number of nitriles is 1. The van der Waals surface area contributed by atoms with Crippen LogP contribution in [0.25, 0.3) is 5.76 Å². The van der Waals surface area contributed by atoms with Gasteiger partial charge in [-0.25, -0.2) is 0 Å². The maximum Gasteiger partial charge on any atom is 0.200 e. The molecule has 116 valence electrons. The first-order valence-corrected chi connectivity index (χ1v) is 7.92. The lowest BCUT2D eigenvalue weighted by molar-refractivity contribution is 0.104. The maximum absolute atomic E-state index is 12.4. The Labute approximate surface area is 135 Å². The lowest BCUT2D eigenvalue weighted by atomic mass is 9.97. The van der Waals surface area contributed by atoms with Gasteiger partial charge < -0.3 is 5.11 Å². The Morgan fingerprint density at radius 1 is 1.26 bits per heavy atom. The fourth-order valence-electron chi connectivity index (χ4n) is 3.10. The second kappa shape index (κ2) is 6.62. The van der Waals surface area contributed by atoms with Crippen LogP contribution < -0.4 is 0 Å². The molecule has 0 heterocycles. The van der Waals surface area contributed by atoms with Crippen LogP contribution in [0.3, 0.4) is 0 Å². The van der Waals surface area contributed by atoms with E-state index < -0.39 is 0 Å². The topological polar surface area (TPSA) is 73.4 Å². The third-order valence-electron chi connectivity index (χ3n) is 4.32. The zero-order valence-corrected chi connectivity index (χ0v) is 12.9. The normalized spacial score (nSPS) is 17.8. The molecule has 0 bridgehead atoms. The second-order valence-corrected chi connectivity index (χ2v) is 5.80. The van der Waals surface area contributed by atoms with Gasteiger partial charge in [0.25, 0.3) is 0 Å². The fraction of sp³-hybridized carbons (Fsp3) is 0.316. The summed E-state index contributed by atoms with van der Waals surface area (Å²) in [5, 5.41) is 19.6. The molecule has 3 rings (SSSR count). The Balaban J connectivity index is 1.80. The molecule has 0 saturated heterocycles. The van der Waals surface area contributed by atoms with Crippen molar-refractivity contribution in [3.05, 3.63) is 52.6 Å². The van der Waals surface area contributed by atoms with Crippen LogP contribution in [-0.4, -0.2) is 23.1 Å². The van der Waals surface area contributed by atoms with Gasteiger partial charge in [0, 0.05) is 17.7 Å². The van der Waals surface area contributed by atoms with Crippen molar-refractivity contribution in [2.24, 2.45) is 4.99 Å². The molecule has 0 aliphatic heterocycles. The molecule has 0 unspecified atom stereocenters. The third kappa shape index (κ3) is 2.95. The summed E-state index contributed by atoms with van der Waals surface area (Å²) in [5.74, 6) is -0.460. The van der Waals surface area contributed by atoms with Crippen LogP contribution in [0.4, 0.5) is 0 Å². The van der Waals surface area contributed by atoms with Crippen LogP contribution in [-0.2, 0) is 0 Å². The zero-order valence-electron chi connectivity index (χ0n) is 12.9. The Morgan fingerprint density at radius 3 is 2.70 bits per heavy atom. The van der Waals surface area contributed by atoms with Crippen molar-refractivity contribution in [2.75, 3.05) is 6.54 Å². The number of aliphatic hydroxyl groups excluding tert-OH is 1. The number of nitrogens with zero attached hydrogens (tertiary/aromatic N) is 2. The van der Waals surface area contributed by atoms with Gasteiger partial charge in [-0.15, -0.1) is 0 Å². The minimum atomic E-state index is -0.324. The second-order valence-electron chi connectivity index (χ2n) is 5.80. The summed E-state index contributed by atoms with van der Waals surface area (Å²) >= 11 is 0. The molecular weight excluding hydrogens is 288 g/mol. The number of ketones is 1. The number of allylic oxidation sites excluding steroid dienone is 2. The van der Waals surface area contributed by atoms with Gasteiger partial charge in [-0.3, -0.25) is 9.79 Å². The molecule has 1 aromatic rings. The highest BCUT2D eigenvalue weighted by molar-refractivity contribution is 6.39. The largest absolute Gasteiger partial charge is 0.506 e. The van der Waals surface area contributed by atoms with Crippen LogP contribution in [0, 0.1) is 11.3 Å². The summed E-state index contributed by atoms with van der Waals surface area (Å²) in [7, 11) is 0. The summed E-state index contributed by atoms with van der Waals surface area (Å²) < 4.78 is 0. The molecule has 0 amide bonds. The fourth-order valence-corrected chi connectivity index (χ4v) is 3.10. The first-order chi connectivity index (χ1) is 11.2. The number of carbonyl (C=O) groups is 1. The molecule has 2 aliphatic rings. The van der Waals surface area contributed by atoms with Crippen LogP contribution in [0.1, 0.15) is 48.0 Å². The summed E-state index contributed by atoms with van der Waals surface area (Å²) in [5.41, 5.74) is 2.34. The molecule has 1 N–H and O–H groups in total. The van der Waals surface area contributed by atoms with E-state index in [-0.39, 0.29) is 22.8 Å². The van der Waals surface area contributed by atoms with Crippen molar-refractivity contribution in [1.29, 1.82) is 5.26 Å². The monoisotopic (exact) mass is 306 g/mol. The van der Waals surface area contributed by atoms with Gasteiger partial charge in [0.2, 0.25) is 0 Å². The van der Waals surface area contributed by atoms with Gasteiger partial charge in [0.05, 0.1) is 0 Å². The SMILES string of the molecule is N#CC(=NCCC1=CCCCC1)C1=C(O)c2ccccc2C1=O. The predicted molar refractivity (Wildman–Crippen MR) is 89.4 cm³/mol. The molecule has 2 aliphatic carbocycles. The van der Waals surface area contributed by atoms with Gasteiger partial charge >= 0.3 is 0 Å². The summed E-state index contributed by atoms with van der Waals surface area (Å²) in [4.78, 5) is 16.7. The third-order valence-corrected chi connectivity index (χ3v) is 4.32. The molecule has 0 spiro atoms. The number of fused-ring (bicyclic) bond motifs is 1. The van der Waals surface area contributed by atoms with Gasteiger partial charge in [0.1, 0.15) is 23.1 Å². The molecule has 1 aromatic carbocycles. The first-order valence-electron chi connectivity index (χ1n) is 7.92. The number of benzene rings is 1. The van der Waals surface area contributed by atoms with Crippen LogP contribution in [0.5, 0.6) is 0 Å². The highest BCUT2D eigenvalue weighted by atomic mass is 16.3. The highest BCUT2D eigenvalue weighted by Crippen LogP contribution is 2.31. The molecule has 0 aromatic heterocycles. The zero-order chi connectivity index (χ0) is 16.2. The van der Waals surface area contributed by atoms with E-state index in [0.717, 1.165) is 19.3 Å². The average Bonchev–Trinajstić information content (AvgIpc) is 2.85. The molecule has 0 atom stereocenters.